The Hall–Kier alpha value is -3.30. The van der Waals surface area contributed by atoms with Crippen molar-refractivity contribution in [2.24, 2.45) is 5.73 Å². The summed E-state index contributed by atoms with van der Waals surface area (Å²) in [5, 5.41) is 9.02. The van der Waals surface area contributed by atoms with E-state index in [9.17, 15) is 22.2 Å². The number of carbonyl (C=O) groups is 1. The van der Waals surface area contributed by atoms with Crippen LogP contribution in [0.25, 0.3) is 11.3 Å². The third kappa shape index (κ3) is 7.84. The van der Waals surface area contributed by atoms with Gasteiger partial charge in [-0.3, -0.25) is 13.5 Å². The van der Waals surface area contributed by atoms with E-state index in [1.807, 2.05) is 0 Å². The number of hydrogen-bond donors (Lipinski definition) is 4. The SMILES string of the molecule is Nc1nc(OC(c2ccc(Cl)cc2COS(=O)O)C(F)(F)F)cc(-c2ccc(C[C@H](N)C(=O)O)cc2)n1. The molecule has 0 fully saturated rings. The number of halogens is 4. The van der Waals surface area contributed by atoms with E-state index in [2.05, 4.69) is 14.2 Å². The number of carboxylic acids is 1. The number of hydrogen-bond acceptors (Lipinski definition) is 8. The van der Waals surface area contributed by atoms with Crippen LogP contribution in [0.3, 0.4) is 0 Å². The number of alkyl halides is 3. The number of aromatic nitrogens is 2. The second-order valence-corrected chi connectivity index (χ2v) is 8.76. The summed E-state index contributed by atoms with van der Waals surface area (Å²) in [4.78, 5) is 18.7. The van der Waals surface area contributed by atoms with Gasteiger partial charge in [-0.05, 0) is 29.7 Å². The molecule has 6 N–H and O–H groups in total. The van der Waals surface area contributed by atoms with E-state index in [1.54, 1.807) is 24.3 Å². The summed E-state index contributed by atoms with van der Waals surface area (Å²) in [6, 6.07) is 9.81. The number of nitrogens with zero attached hydrogens (tertiary/aromatic N) is 2. The molecule has 0 bridgehead atoms. The Balaban J connectivity index is 1.93. The second-order valence-electron chi connectivity index (χ2n) is 7.66. The van der Waals surface area contributed by atoms with Gasteiger partial charge in [0.1, 0.15) is 6.04 Å². The number of rotatable bonds is 10. The van der Waals surface area contributed by atoms with Gasteiger partial charge < -0.3 is 21.3 Å². The zero-order chi connectivity index (χ0) is 27.3. The Kier molecular flexibility index (Phi) is 9.04. The normalized spacial score (nSPS) is 14.1. The van der Waals surface area contributed by atoms with E-state index in [4.69, 9.17) is 37.5 Å². The molecule has 0 radical (unpaired) electrons. The molecule has 3 rings (SSSR count). The number of carboxylic acid groups (broad SMARTS) is 1. The van der Waals surface area contributed by atoms with Gasteiger partial charge in [-0.2, -0.15) is 22.4 Å². The minimum Gasteiger partial charge on any atom is -0.480 e. The Bertz CT molecular complexity index is 1300. The van der Waals surface area contributed by atoms with E-state index < -0.39 is 53.7 Å². The summed E-state index contributed by atoms with van der Waals surface area (Å²) in [5.74, 6) is -2.01. The highest BCUT2D eigenvalue weighted by Crippen LogP contribution is 2.39. The standard InChI is InChI=1S/C22H20ClF3N4O6S/c23-14-5-6-15(13(8-14)10-35-37(33)34)19(22(24,25)26)36-18-9-17(29-21(28)30-18)12-3-1-11(2-4-12)7-16(27)20(31)32/h1-6,8-9,16,19H,7,10,27H2,(H,31,32)(H,33,34)(H2,28,29,30)/t16-,19?/m0/s1. The highest BCUT2D eigenvalue weighted by atomic mass is 35.5. The van der Waals surface area contributed by atoms with Gasteiger partial charge in [0.05, 0.1) is 12.3 Å². The van der Waals surface area contributed by atoms with Crippen LogP contribution in [0.15, 0.2) is 48.5 Å². The predicted molar refractivity (Wildman–Crippen MR) is 128 cm³/mol. The Labute approximate surface area is 215 Å². The molecular formula is C22H20ClF3N4O6S. The second kappa shape index (κ2) is 11.8. The van der Waals surface area contributed by atoms with Crippen molar-refractivity contribution >= 4 is 34.9 Å². The molecule has 1 heterocycles. The Morgan fingerprint density at radius 2 is 1.81 bits per heavy atom. The van der Waals surface area contributed by atoms with E-state index in [0.717, 1.165) is 18.2 Å². The van der Waals surface area contributed by atoms with E-state index in [1.165, 1.54) is 6.07 Å². The highest BCUT2D eigenvalue weighted by molar-refractivity contribution is 7.74. The fraction of sp³-hybridized carbons (Fsp3) is 0.227. The van der Waals surface area contributed by atoms with Crippen molar-refractivity contribution in [1.29, 1.82) is 0 Å². The fourth-order valence-corrected chi connectivity index (χ4v) is 3.72. The fourth-order valence-electron chi connectivity index (χ4n) is 3.30. The van der Waals surface area contributed by atoms with E-state index in [0.29, 0.717) is 11.1 Å². The molecule has 2 unspecified atom stereocenters. The van der Waals surface area contributed by atoms with Gasteiger partial charge in [0, 0.05) is 22.2 Å². The maximum Gasteiger partial charge on any atom is 0.429 e. The lowest BCUT2D eigenvalue weighted by Gasteiger charge is -2.24. The van der Waals surface area contributed by atoms with Crippen LogP contribution in [0.5, 0.6) is 5.88 Å². The monoisotopic (exact) mass is 560 g/mol. The lowest BCUT2D eigenvalue weighted by molar-refractivity contribution is -0.199. The maximum absolute atomic E-state index is 14.1. The van der Waals surface area contributed by atoms with Crippen LogP contribution < -0.4 is 16.2 Å². The molecule has 0 aliphatic carbocycles. The first kappa shape index (κ1) is 28.3. The van der Waals surface area contributed by atoms with Gasteiger partial charge in [0.15, 0.2) is 0 Å². The third-order valence-corrected chi connectivity index (χ3v) is 5.54. The van der Waals surface area contributed by atoms with Gasteiger partial charge in [-0.15, -0.1) is 0 Å². The summed E-state index contributed by atoms with van der Waals surface area (Å²) in [6.07, 6.45) is -7.43. The van der Waals surface area contributed by atoms with Crippen LogP contribution in [0, 0.1) is 0 Å². The first-order valence-corrected chi connectivity index (χ1v) is 11.7. The van der Waals surface area contributed by atoms with Crippen molar-refractivity contribution in [3.8, 4) is 17.1 Å². The number of nitrogen functional groups attached to an aromatic ring is 1. The molecule has 3 atom stereocenters. The average molecular weight is 561 g/mol. The minimum atomic E-state index is -4.94. The largest absolute Gasteiger partial charge is 0.480 e. The first-order valence-electron chi connectivity index (χ1n) is 10.3. The Morgan fingerprint density at radius 1 is 1.14 bits per heavy atom. The predicted octanol–water partition coefficient (Wildman–Crippen LogP) is 3.67. The first-order chi connectivity index (χ1) is 17.3. The Morgan fingerprint density at radius 3 is 2.41 bits per heavy atom. The van der Waals surface area contributed by atoms with Crippen LogP contribution in [-0.4, -0.2) is 42.0 Å². The smallest absolute Gasteiger partial charge is 0.429 e. The van der Waals surface area contributed by atoms with Gasteiger partial charge in [0.25, 0.3) is 0 Å². The highest BCUT2D eigenvalue weighted by Gasteiger charge is 2.44. The molecule has 10 nitrogen and oxygen atoms in total. The van der Waals surface area contributed by atoms with Gasteiger partial charge in [-0.25, -0.2) is 4.98 Å². The van der Waals surface area contributed by atoms with E-state index in [-0.39, 0.29) is 28.6 Å². The van der Waals surface area contributed by atoms with Crippen molar-refractivity contribution in [3.63, 3.8) is 0 Å². The van der Waals surface area contributed by atoms with E-state index >= 15 is 0 Å². The molecule has 0 aliphatic heterocycles. The lowest BCUT2D eigenvalue weighted by atomic mass is 10.0. The summed E-state index contributed by atoms with van der Waals surface area (Å²) >= 11 is 3.16. The summed E-state index contributed by atoms with van der Waals surface area (Å²) in [6.45, 7) is -0.649. The van der Waals surface area contributed by atoms with Crippen LogP contribution in [0.2, 0.25) is 5.02 Å². The van der Waals surface area contributed by atoms with Gasteiger partial charge in [0.2, 0.25) is 17.9 Å². The van der Waals surface area contributed by atoms with Crippen molar-refractivity contribution in [3.05, 3.63) is 70.2 Å². The maximum atomic E-state index is 14.1. The molecule has 198 valence electrons. The molecule has 0 spiro atoms. The molecule has 0 amide bonds. The molecule has 15 heteroatoms. The number of anilines is 1. The number of ether oxygens (including phenoxy) is 1. The molecular weight excluding hydrogens is 541 g/mol. The van der Waals surface area contributed by atoms with Gasteiger partial charge >= 0.3 is 23.5 Å². The zero-order valence-corrected chi connectivity index (χ0v) is 20.3. The molecule has 1 aromatic heterocycles. The summed E-state index contributed by atoms with van der Waals surface area (Å²) in [5.41, 5.74) is 11.9. The lowest BCUT2D eigenvalue weighted by Crippen LogP contribution is -2.32. The van der Waals surface area contributed by atoms with Gasteiger partial charge in [-0.1, -0.05) is 41.9 Å². The van der Waals surface area contributed by atoms with Crippen LogP contribution in [-0.2, 0) is 33.4 Å². The zero-order valence-electron chi connectivity index (χ0n) is 18.7. The minimum absolute atomic E-state index is 0.0696. The summed E-state index contributed by atoms with van der Waals surface area (Å²) in [7, 11) is 0. The average Bonchev–Trinajstić information content (AvgIpc) is 2.81. The number of aliphatic carboxylic acids is 1. The van der Waals surface area contributed by atoms with Crippen molar-refractivity contribution in [1.82, 2.24) is 9.97 Å². The molecule has 2 aromatic carbocycles. The van der Waals surface area contributed by atoms with Crippen molar-refractivity contribution < 1.29 is 40.8 Å². The number of benzene rings is 2. The summed E-state index contributed by atoms with van der Waals surface area (Å²) < 4.78 is 71.7. The number of nitrogens with two attached hydrogens (primary N) is 2. The molecule has 3 aromatic rings. The van der Waals surface area contributed by atoms with Crippen molar-refractivity contribution in [2.45, 2.75) is 31.3 Å². The topological polar surface area (TPSA) is 171 Å². The van der Waals surface area contributed by atoms with Crippen LogP contribution >= 0.6 is 11.6 Å². The van der Waals surface area contributed by atoms with Crippen molar-refractivity contribution in [2.75, 3.05) is 5.73 Å². The molecule has 0 aliphatic rings. The molecule has 37 heavy (non-hydrogen) atoms. The van der Waals surface area contributed by atoms with Crippen LogP contribution in [0.4, 0.5) is 19.1 Å². The van der Waals surface area contributed by atoms with Crippen LogP contribution in [0.1, 0.15) is 22.8 Å². The molecule has 0 saturated heterocycles. The molecule has 0 saturated carbocycles. The third-order valence-electron chi connectivity index (χ3n) is 4.98. The quantitative estimate of drug-likeness (QED) is 0.268.